The Hall–Kier alpha value is -2.95. The molecule has 0 aromatic heterocycles. The van der Waals surface area contributed by atoms with E-state index >= 15 is 0 Å². The van der Waals surface area contributed by atoms with Gasteiger partial charge in [0.1, 0.15) is 18.1 Å². The van der Waals surface area contributed by atoms with Gasteiger partial charge in [0.2, 0.25) is 0 Å². The van der Waals surface area contributed by atoms with Gasteiger partial charge in [0.05, 0.1) is 36.1 Å². The minimum Gasteiger partial charge on any atom is -0.508 e. The molecule has 0 fully saturated rings. The summed E-state index contributed by atoms with van der Waals surface area (Å²) in [5.74, 6) is 0.747. The lowest BCUT2D eigenvalue weighted by Gasteiger charge is -2.14. The Morgan fingerprint density at radius 2 is 1.71 bits per heavy atom. The molecule has 8 nitrogen and oxygen atoms in total. The molecule has 206 valence electrons. The van der Waals surface area contributed by atoms with Crippen molar-refractivity contribution in [1.29, 1.82) is 0 Å². The Balaban J connectivity index is 1.33. The van der Waals surface area contributed by atoms with Crippen molar-refractivity contribution in [3.63, 3.8) is 0 Å². The molecule has 38 heavy (non-hydrogen) atoms. The molecule has 9 heteroatoms. The largest absolute Gasteiger partial charge is 0.508 e. The predicted octanol–water partition coefficient (Wildman–Crippen LogP) is 3.53. The lowest BCUT2D eigenvalue weighted by Crippen LogP contribution is -2.23. The van der Waals surface area contributed by atoms with E-state index in [0.717, 1.165) is 23.3 Å². The highest BCUT2D eigenvalue weighted by Gasteiger charge is 2.19. The van der Waals surface area contributed by atoms with Gasteiger partial charge in [0.25, 0.3) is 0 Å². The third kappa shape index (κ3) is 8.54. The zero-order valence-electron chi connectivity index (χ0n) is 21.8. The van der Waals surface area contributed by atoms with E-state index in [4.69, 9.17) is 9.47 Å². The summed E-state index contributed by atoms with van der Waals surface area (Å²) in [6.07, 6.45) is 0.0371. The van der Waals surface area contributed by atoms with Crippen LogP contribution >= 0.6 is 0 Å². The van der Waals surface area contributed by atoms with Gasteiger partial charge >= 0.3 is 0 Å². The van der Waals surface area contributed by atoms with E-state index in [1.54, 1.807) is 44.2 Å². The van der Waals surface area contributed by atoms with Crippen LogP contribution in [0.4, 0.5) is 0 Å². The third-order valence-corrected chi connectivity index (χ3v) is 8.28. The summed E-state index contributed by atoms with van der Waals surface area (Å²) in [5.41, 5.74) is 2.95. The molecule has 4 N–H and O–H groups in total. The highest BCUT2D eigenvalue weighted by molar-refractivity contribution is 7.92. The van der Waals surface area contributed by atoms with Crippen molar-refractivity contribution < 1.29 is 33.2 Å². The van der Waals surface area contributed by atoms with Gasteiger partial charge in [-0.3, -0.25) is 0 Å². The first-order valence-corrected chi connectivity index (χ1v) is 14.2. The van der Waals surface area contributed by atoms with Crippen molar-refractivity contribution in [1.82, 2.24) is 5.32 Å². The Kier molecular flexibility index (Phi) is 11.1. The third-order valence-electron chi connectivity index (χ3n) is 6.12. The standard InChI is InChI=1S/C29H37NO7S/c1-21(2)38(34,35)27-5-3-4-23(16-27)20-36-14-15-37-26-9-6-22(7-10-26)12-13-30-18-29(33)24-8-11-28(32)25(17-24)19-31/h3-11,16-17,21,29-33H,12-15,18-20H2,1-2H3/t29-/m0/s1. The second kappa shape index (κ2) is 14.3. The van der Waals surface area contributed by atoms with E-state index in [-0.39, 0.29) is 12.4 Å². The number of aliphatic hydroxyl groups excluding tert-OH is 2. The number of rotatable bonds is 15. The Morgan fingerprint density at radius 1 is 0.947 bits per heavy atom. The van der Waals surface area contributed by atoms with Crippen LogP contribution in [0.1, 0.15) is 42.2 Å². The molecule has 0 bridgehead atoms. The van der Waals surface area contributed by atoms with Crippen molar-refractivity contribution >= 4 is 9.84 Å². The van der Waals surface area contributed by atoms with Crippen molar-refractivity contribution in [3.8, 4) is 11.5 Å². The molecule has 0 saturated heterocycles. The van der Waals surface area contributed by atoms with Crippen LogP contribution in [0.2, 0.25) is 0 Å². The van der Waals surface area contributed by atoms with E-state index in [1.165, 1.54) is 6.07 Å². The molecule has 3 aromatic rings. The molecule has 0 unspecified atom stereocenters. The average molecular weight is 544 g/mol. The number of aliphatic hydroxyl groups is 2. The minimum absolute atomic E-state index is 0.0127. The maximum atomic E-state index is 12.3. The van der Waals surface area contributed by atoms with Crippen LogP contribution in [0.3, 0.4) is 0 Å². The molecular weight excluding hydrogens is 506 g/mol. The van der Waals surface area contributed by atoms with Gasteiger partial charge in [-0.05, 0) is 79.9 Å². The molecular formula is C29H37NO7S. The Labute approximate surface area is 224 Å². The number of sulfone groups is 1. The van der Waals surface area contributed by atoms with Gasteiger partial charge in [-0.1, -0.05) is 30.3 Å². The van der Waals surface area contributed by atoms with Gasteiger partial charge in [-0.15, -0.1) is 0 Å². The first-order valence-electron chi connectivity index (χ1n) is 12.6. The number of hydrogen-bond donors (Lipinski definition) is 4. The molecule has 0 radical (unpaired) electrons. The van der Waals surface area contributed by atoms with E-state index in [9.17, 15) is 23.7 Å². The van der Waals surface area contributed by atoms with Crippen molar-refractivity contribution in [2.75, 3.05) is 26.3 Å². The zero-order valence-corrected chi connectivity index (χ0v) is 22.7. The zero-order chi connectivity index (χ0) is 27.5. The van der Waals surface area contributed by atoms with Gasteiger partial charge in [-0.2, -0.15) is 0 Å². The summed E-state index contributed by atoms with van der Waals surface area (Å²) < 4.78 is 36.1. The highest BCUT2D eigenvalue weighted by atomic mass is 32.2. The van der Waals surface area contributed by atoms with Crippen LogP contribution in [0.25, 0.3) is 0 Å². The fraction of sp³-hybridized carbons (Fsp3) is 0.379. The quantitative estimate of drug-likeness (QED) is 0.215. The van der Waals surface area contributed by atoms with E-state index in [2.05, 4.69) is 5.32 Å². The van der Waals surface area contributed by atoms with Crippen LogP contribution < -0.4 is 10.1 Å². The summed E-state index contributed by atoms with van der Waals surface area (Å²) in [6, 6.07) is 19.3. The maximum absolute atomic E-state index is 12.3. The normalized spacial score (nSPS) is 12.6. The van der Waals surface area contributed by atoms with Crippen LogP contribution in [0, 0.1) is 0 Å². The lowest BCUT2D eigenvalue weighted by molar-refractivity contribution is 0.0888. The van der Waals surface area contributed by atoms with Crippen LogP contribution in [0.5, 0.6) is 11.5 Å². The number of benzene rings is 3. The second-order valence-electron chi connectivity index (χ2n) is 9.30. The molecule has 0 spiro atoms. The van der Waals surface area contributed by atoms with Gasteiger partial charge in [0.15, 0.2) is 9.84 Å². The van der Waals surface area contributed by atoms with Crippen molar-refractivity contribution in [2.45, 2.75) is 49.7 Å². The number of hydrogen-bond acceptors (Lipinski definition) is 8. The topological polar surface area (TPSA) is 125 Å². The number of phenols is 1. The summed E-state index contributed by atoms with van der Waals surface area (Å²) in [6.45, 7) is 5.13. The molecule has 0 aliphatic rings. The van der Waals surface area contributed by atoms with Gasteiger partial charge in [-0.25, -0.2) is 8.42 Å². The number of ether oxygens (including phenoxy) is 2. The first-order chi connectivity index (χ1) is 18.2. The van der Waals surface area contributed by atoms with Crippen LogP contribution in [-0.2, 0) is 34.2 Å². The highest BCUT2D eigenvalue weighted by Crippen LogP contribution is 2.22. The van der Waals surface area contributed by atoms with Crippen molar-refractivity contribution in [3.05, 3.63) is 89.0 Å². The first kappa shape index (κ1) is 29.6. The number of aromatic hydroxyl groups is 1. The molecule has 0 amide bonds. The lowest BCUT2D eigenvalue weighted by atomic mass is 10.1. The van der Waals surface area contributed by atoms with Crippen LogP contribution in [0.15, 0.2) is 71.6 Å². The van der Waals surface area contributed by atoms with Crippen molar-refractivity contribution in [2.24, 2.45) is 0 Å². The molecule has 1 atom stereocenters. The van der Waals surface area contributed by atoms with Gasteiger partial charge < -0.3 is 30.1 Å². The fourth-order valence-electron chi connectivity index (χ4n) is 3.77. The van der Waals surface area contributed by atoms with E-state index < -0.39 is 21.2 Å². The molecule has 0 saturated carbocycles. The second-order valence-corrected chi connectivity index (χ2v) is 11.8. The average Bonchev–Trinajstić information content (AvgIpc) is 2.92. The minimum atomic E-state index is -3.31. The Bertz CT molecular complexity index is 1260. The summed E-state index contributed by atoms with van der Waals surface area (Å²) >= 11 is 0. The van der Waals surface area contributed by atoms with Crippen LogP contribution in [-0.4, -0.2) is 55.3 Å². The summed E-state index contributed by atoms with van der Waals surface area (Å²) in [4.78, 5) is 0.310. The van der Waals surface area contributed by atoms with Gasteiger partial charge in [0, 0.05) is 12.1 Å². The fourth-order valence-corrected chi connectivity index (χ4v) is 4.90. The number of nitrogens with one attached hydrogen (secondary N) is 1. The van der Waals surface area contributed by atoms with E-state index in [1.807, 2.05) is 30.3 Å². The molecule has 0 heterocycles. The smallest absolute Gasteiger partial charge is 0.180 e. The molecule has 0 aliphatic carbocycles. The van der Waals surface area contributed by atoms with E-state index in [0.29, 0.717) is 48.9 Å². The monoisotopic (exact) mass is 543 g/mol. The maximum Gasteiger partial charge on any atom is 0.180 e. The summed E-state index contributed by atoms with van der Waals surface area (Å²) in [5, 5.41) is 32.0. The summed E-state index contributed by atoms with van der Waals surface area (Å²) in [7, 11) is -3.31. The SMILES string of the molecule is CC(C)S(=O)(=O)c1cccc(COCCOc2ccc(CCNC[C@H](O)c3ccc(O)c(CO)c3)cc2)c1. The molecule has 3 aromatic carbocycles. The molecule has 0 aliphatic heterocycles. The molecule has 3 rings (SSSR count). The predicted molar refractivity (Wildman–Crippen MR) is 146 cm³/mol. The Morgan fingerprint density at radius 3 is 2.42 bits per heavy atom.